The van der Waals surface area contributed by atoms with E-state index in [0.717, 1.165) is 63.4 Å². The van der Waals surface area contributed by atoms with Crippen LogP contribution in [0.1, 0.15) is 75.4 Å². The fraction of sp³-hybridized carbons (Fsp3) is 0.762. The van der Waals surface area contributed by atoms with Crippen LogP contribution < -0.4 is 10.6 Å². The van der Waals surface area contributed by atoms with Crippen LogP contribution in [0.5, 0.6) is 0 Å². The van der Waals surface area contributed by atoms with Crippen LogP contribution in [0.15, 0.2) is 4.99 Å². The van der Waals surface area contributed by atoms with Crippen molar-refractivity contribution in [2.24, 2.45) is 4.99 Å². The van der Waals surface area contributed by atoms with E-state index in [1.165, 1.54) is 9.88 Å². The minimum atomic E-state index is -0.390. The van der Waals surface area contributed by atoms with Crippen LogP contribution in [0, 0.1) is 13.8 Å². The Bertz CT molecular complexity index is 607. The van der Waals surface area contributed by atoms with Crippen molar-refractivity contribution in [3.05, 3.63) is 15.6 Å². The molecule has 1 rings (SSSR count). The second-order valence-corrected chi connectivity index (χ2v) is 9.23. The number of hydrogen-bond donors (Lipinski definition) is 2. The Morgan fingerprint density at radius 2 is 1.83 bits per heavy atom. The van der Waals surface area contributed by atoms with E-state index in [2.05, 4.69) is 41.4 Å². The van der Waals surface area contributed by atoms with E-state index in [-0.39, 0.29) is 29.9 Å². The molecule has 0 amide bonds. The van der Waals surface area contributed by atoms with Gasteiger partial charge in [-0.05, 0) is 54.4 Å². The number of unbranched alkanes of at least 4 members (excludes halogenated alkanes) is 3. The number of hydrogen-bond acceptors (Lipinski definition) is 5. The summed E-state index contributed by atoms with van der Waals surface area (Å²) >= 11 is 1.77. The van der Waals surface area contributed by atoms with Crippen molar-refractivity contribution in [3.8, 4) is 0 Å². The Balaban J connectivity index is 0.00000784. The molecule has 0 spiro atoms. The van der Waals surface area contributed by atoms with Crippen molar-refractivity contribution in [1.29, 1.82) is 0 Å². The van der Waals surface area contributed by atoms with Gasteiger partial charge in [0.1, 0.15) is 5.60 Å². The van der Waals surface area contributed by atoms with Crippen LogP contribution in [0.2, 0.25) is 0 Å². The summed E-state index contributed by atoms with van der Waals surface area (Å²) in [5, 5.41) is 7.84. The number of halogens is 1. The van der Waals surface area contributed by atoms with Crippen molar-refractivity contribution < 1.29 is 9.53 Å². The van der Waals surface area contributed by atoms with E-state index < -0.39 is 5.60 Å². The zero-order valence-corrected chi connectivity index (χ0v) is 22.0. The second-order valence-electron chi connectivity index (χ2n) is 7.94. The lowest BCUT2D eigenvalue weighted by molar-refractivity contribution is -0.154. The third-order valence-electron chi connectivity index (χ3n) is 4.03. The lowest BCUT2D eigenvalue weighted by Gasteiger charge is -2.19. The molecule has 0 unspecified atom stereocenters. The molecule has 0 saturated heterocycles. The average molecular weight is 539 g/mol. The Labute approximate surface area is 197 Å². The lowest BCUT2D eigenvalue weighted by Crippen LogP contribution is -2.38. The molecule has 0 aliphatic heterocycles. The molecule has 1 aromatic heterocycles. The van der Waals surface area contributed by atoms with E-state index in [4.69, 9.17) is 4.74 Å². The third kappa shape index (κ3) is 13.9. The first-order chi connectivity index (χ1) is 13.2. The smallest absolute Gasteiger partial charge is 0.306 e. The van der Waals surface area contributed by atoms with E-state index >= 15 is 0 Å². The highest BCUT2D eigenvalue weighted by Gasteiger charge is 2.15. The van der Waals surface area contributed by atoms with Gasteiger partial charge in [0.05, 0.1) is 10.7 Å². The fourth-order valence-electron chi connectivity index (χ4n) is 2.59. The van der Waals surface area contributed by atoms with E-state index in [0.29, 0.717) is 6.42 Å². The van der Waals surface area contributed by atoms with Crippen molar-refractivity contribution in [2.45, 2.75) is 85.7 Å². The van der Waals surface area contributed by atoms with Crippen molar-refractivity contribution >= 4 is 47.2 Å². The number of nitrogens with zero attached hydrogens (tertiary/aromatic N) is 2. The molecule has 0 radical (unpaired) electrons. The Morgan fingerprint density at radius 3 is 2.41 bits per heavy atom. The maximum absolute atomic E-state index is 11.7. The van der Waals surface area contributed by atoms with E-state index in [1.54, 1.807) is 11.3 Å². The number of carbonyl (C=O) groups is 1. The standard InChI is InChI=1S/C21H38N4O2S.HI/c1-7-22-20(24-15-13-18-25-16(2)17(3)28-18)23-14-11-9-8-10-12-19(26)27-21(4,5)6;/h7-15H2,1-6H3,(H2,22,23,24);1H. The summed E-state index contributed by atoms with van der Waals surface area (Å²) < 4.78 is 5.32. The second kappa shape index (κ2) is 15.0. The molecule has 2 N–H and O–H groups in total. The number of aryl methyl sites for hydroxylation is 2. The van der Waals surface area contributed by atoms with Gasteiger partial charge in [0.15, 0.2) is 5.96 Å². The fourth-order valence-corrected chi connectivity index (χ4v) is 3.53. The van der Waals surface area contributed by atoms with Gasteiger partial charge < -0.3 is 15.4 Å². The van der Waals surface area contributed by atoms with Gasteiger partial charge in [0.2, 0.25) is 0 Å². The Morgan fingerprint density at radius 1 is 1.14 bits per heavy atom. The SMILES string of the molecule is CCNC(=NCCCCCCC(=O)OC(C)(C)C)NCCc1nc(C)c(C)s1.I. The zero-order valence-electron chi connectivity index (χ0n) is 18.9. The molecule has 0 fully saturated rings. The van der Waals surface area contributed by atoms with Crippen molar-refractivity contribution in [3.63, 3.8) is 0 Å². The molecule has 1 heterocycles. The number of ether oxygens (including phenoxy) is 1. The van der Waals surface area contributed by atoms with Crippen LogP contribution in [-0.2, 0) is 16.0 Å². The summed E-state index contributed by atoms with van der Waals surface area (Å²) in [4.78, 5) is 22.2. The van der Waals surface area contributed by atoms with Crippen molar-refractivity contribution in [1.82, 2.24) is 15.6 Å². The number of nitrogens with one attached hydrogen (secondary N) is 2. The molecule has 0 aliphatic carbocycles. The molecule has 6 nitrogen and oxygen atoms in total. The van der Waals surface area contributed by atoms with Crippen LogP contribution >= 0.6 is 35.3 Å². The van der Waals surface area contributed by atoms with Gasteiger partial charge in [-0.1, -0.05) is 12.8 Å². The van der Waals surface area contributed by atoms with Crippen molar-refractivity contribution in [2.75, 3.05) is 19.6 Å². The zero-order chi connectivity index (χ0) is 21.0. The summed E-state index contributed by atoms with van der Waals surface area (Å²) in [6.45, 7) is 14.4. The van der Waals surface area contributed by atoms with Gasteiger partial charge in [-0.15, -0.1) is 35.3 Å². The van der Waals surface area contributed by atoms with Crippen LogP contribution in [0.3, 0.4) is 0 Å². The molecule has 0 saturated carbocycles. The summed E-state index contributed by atoms with van der Waals surface area (Å²) in [6, 6.07) is 0. The Kier molecular flexibility index (Phi) is 14.5. The minimum absolute atomic E-state index is 0. The predicted octanol–water partition coefficient (Wildman–Crippen LogP) is 4.77. The van der Waals surface area contributed by atoms with Gasteiger partial charge in [0, 0.05) is 37.4 Å². The van der Waals surface area contributed by atoms with Crippen LogP contribution in [0.25, 0.3) is 0 Å². The monoisotopic (exact) mass is 538 g/mol. The summed E-state index contributed by atoms with van der Waals surface area (Å²) in [6.07, 6.45) is 5.42. The largest absolute Gasteiger partial charge is 0.460 e. The minimum Gasteiger partial charge on any atom is -0.460 e. The quantitative estimate of drug-likeness (QED) is 0.140. The molecule has 0 bridgehead atoms. The summed E-state index contributed by atoms with van der Waals surface area (Å²) in [5.74, 6) is 0.760. The highest BCUT2D eigenvalue weighted by atomic mass is 127. The lowest BCUT2D eigenvalue weighted by atomic mass is 10.1. The van der Waals surface area contributed by atoms with Gasteiger partial charge in [-0.2, -0.15) is 0 Å². The number of carbonyl (C=O) groups excluding carboxylic acids is 1. The topological polar surface area (TPSA) is 75.6 Å². The molecular formula is C21H39IN4O2S. The molecular weight excluding hydrogens is 499 g/mol. The third-order valence-corrected chi connectivity index (χ3v) is 5.16. The van der Waals surface area contributed by atoms with Crippen LogP contribution in [0.4, 0.5) is 0 Å². The molecule has 29 heavy (non-hydrogen) atoms. The first-order valence-corrected chi connectivity index (χ1v) is 11.2. The predicted molar refractivity (Wildman–Crippen MR) is 134 cm³/mol. The molecule has 0 atom stereocenters. The first kappa shape index (κ1) is 28.1. The number of thiazole rings is 1. The van der Waals surface area contributed by atoms with Gasteiger partial charge >= 0.3 is 5.97 Å². The first-order valence-electron chi connectivity index (χ1n) is 10.4. The molecule has 8 heteroatoms. The van der Waals surface area contributed by atoms with E-state index in [1.807, 2.05) is 20.8 Å². The molecule has 0 aliphatic rings. The number of aliphatic imine (C=N–C) groups is 1. The van der Waals surface area contributed by atoms with E-state index in [9.17, 15) is 4.79 Å². The Hall–Kier alpha value is -0.900. The highest BCUT2D eigenvalue weighted by molar-refractivity contribution is 14.0. The normalized spacial score (nSPS) is 11.7. The summed E-state index contributed by atoms with van der Waals surface area (Å²) in [5.41, 5.74) is 0.742. The summed E-state index contributed by atoms with van der Waals surface area (Å²) in [7, 11) is 0. The van der Waals surface area contributed by atoms with Gasteiger partial charge in [0.25, 0.3) is 0 Å². The van der Waals surface area contributed by atoms with Crippen LogP contribution in [-0.4, -0.2) is 42.1 Å². The maximum Gasteiger partial charge on any atom is 0.306 e. The maximum atomic E-state index is 11.7. The van der Waals surface area contributed by atoms with Gasteiger partial charge in [-0.25, -0.2) is 4.98 Å². The number of rotatable bonds is 11. The molecule has 168 valence electrons. The molecule has 1 aromatic rings. The number of esters is 1. The number of aromatic nitrogens is 1. The molecule has 0 aromatic carbocycles. The van der Waals surface area contributed by atoms with Gasteiger partial charge in [-0.3, -0.25) is 9.79 Å². The highest BCUT2D eigenvalue weighted by Crippen LogP contribution is 2.16. The average Bonchev–Trinajstić information content (AvgIpc) is 2.90. The number of guanidine groups is 1.